The fraction of sp³-hybridized carbons (Fsp3) is 0.564. The Hall–Kier alpha value is -4.35. The molecular weight excluding hydrogens is 705 g/mol. The molecule has 0 saturated carbocycles. The van der Waals surface area contributed by atoms with Crippen LogP contribution in [0.25, 0.3) is 11.1 Å². The maximum Gasteiger partial charge on any atom is 0.475 e. The van der Waals surface area contributed by atoms with Crippen molar-refractivity contribution in [2.24, 2.45) is 11.5 Å². The molecule has 0 unspecified atom stereocenters. The van der Waals surface area contributed by atoms with Crippen LogP contribution in [0.1, 0.15) is 95.0 Å². The van der Waals surface area contributed by atoms with Gasteiger partial charge in [-0.1, -0.05) is 49.7 Å². The summed E-state index contributed by atoms with van der Waals surface area (Å²) in [4.78, 5) is 68.1. The lowest BCUT2D eigenvalue weighted by molar-refractivity contribution is -0.136. The monoisotopic (exact) mass is 767 g/mol. The first-order chi connectivity index (χ1) is 26.1. The zero-order chi connectivity index (χ0) is 41.1. The van der Waals surface area contributed by atoms with Crippen molar-refractivity contribution in [3.8, 4) is 11.1 Å². The molecule has 2 aromatic carbocycles. The van der Waals surface area contributed by atoms with Gasteiger partial charge in [-0.15, -0.1) is 0 Å². The molecule has 0 heterocycles. The number of nitrogens with two attached hydrogens (primary N) is 2. The van der Waals surface area contributed by atoms with Gasteiger partial charge in [0.25, 0.3) is 5.91 Å². The van der Waals surface area contributed by atoms with E-state index in [2.05, 4.69) is 52.5 Å². The number of aryl methyl sites for hydroxylation is 1. The highest BCUT2D eigenvalue weighted by molar-refractivity contribution is 6.43. The zero-order valence-electron chi connectivity index (χ0n) is 32.9. The van der Waals surface area contributed by atoms with Gasteiger partial charge in [-0.3, -0.25) is 24.0 Å². The largest absolute Gasteiger partial charge is 0.475 e. The minimum absolute atomic E-state index is 0.199. The van der Waals surface area contributed by atoms with Crippen LogP contribution in [0.3, 0.4) is 0 Å². The predicted molar refractivity (Wildman–Crippen MR) is 213 cm³/mol. The Kier molecular flexibility index (Phi) is 20.6. The number of hydrogen-bond donors (Lipinski definition) is 9. The minimum Gasteiger partial charge on any atom is -0.426 e. The van der Waals surface area contributed by atoms with Crippen molar-refractivity contribution in [1.29, 1.82) is 0 Å². The second-order valence-electron chi connectivity index (χ2n) is 14.1. The molecule has 0 fully saturated rings. The van der Waals surface area contributed by atoms with Crippen LogP contribution >= 0.6 is 0 Å². The van der Waals surface area contributed by atoms with Crippen LogP contribution in [-0.4, -0.2) is 113 Å². The highest BCUT2D eigenvalue weighted by Gasteiger charge is 2.34. The molecule has 0 aliphatic heterocycles. The molecule has 0 aliphatic rings. The third kappa shape index (κ3) is 15.4. The second kappa shape index (κ2) is 24.2. The summed E-state index contributed by atoms with van der Waals surface area (Å²) < 4.78 is 0. The molecule has 0 aromatic heterocycles. The van der Waals surface area contributed by atoms with E-state index in [1.54, 1.807) is 12.1 Å². The Bertz CT molecular complexity index is 1510. The number of nitrogens with zero attached hydrogens (tertiary/aromatic N) is 1. The minimum atomic E-state index is -1.82. The number of hydrogen-bond acceptors (Lipinski definition) is 10. The molecule has 0 aliphatic carbocycles. The summed E-state index contributed by atoms with van der Waals surface area (Å²) in [5, 5.41) is 39.4. The number of amides is 5. The Morgan fingerprint density at radius 1 is 0.709 bits per heavy atom. The van der Waals surface area contributed by atoms with E-state index in [1.807, 2.05) is 12.1 Å². The number of carbonyl (C=O) groups excluding carboxylic acids is 5. The number of rotatable bonds is 24. The van der Waals surface area contributed by atoms with Crippen LogP contribution in [0.4, 0.5) is 0 Å². The molecule has 0 radical (unpaired) electrons. The van der Waals surface area contributed by atoms with Crippen LogP contribution in [0, 0.1) is 0 Å². The molecule has 304 valence electrons. The number of carbonyl (C=O) groups is 5. The molecule has 6 atom stereocenters. The first-order valence-corrected chi connectivity index (χ1v) is 19.3. The molecule has 55 heavy (non-hydrogen) atoms. The van der Waals surface area contributed by atoms with Crippen LogP contribution in [0.15, 0.2) is 48.5 Å². The summed E-state index contributed by atoms with van der Waals surface area (Å²) in [6.45, 7) is 6.97. The topological polar surface area (TPSA) is 249 Å². The van der Waals surface area contributed by atoms with Crippen molar-refractivity contribution in [1.82, 2.24) is 26.2 Å². The summed E-state index contributed by atoms with van der Waals surface area (Å²) >= 11 is 0. The molecule has 2 rings (SSSR count). The fourth-order valence-electron chi connectivity index (χ4n) is 5.86. The normalized spacial score (nSPS) is 14.4. The van der Waals surface area contributed by atoms with Crippen molar-refractivity contribution in [2.75, 3.05) is 20.1 Å². The first kappa shape index (κ1) is 46.8. The fourth-order valence-corrected chi connectivity index (χ4v) is 5.86. The van der Waals surface area contributed by atoms with Gasteiger partial charge in [-0.25, -0.2) is 0 Å². The van der Waals surface area contributed by atoms with Crippen molar-refractivity contribution in [3.05, 3.63) is 59.7 Å². The number of aliphatic hydroxyl groups excluding tert-OH is 1. The number of aliphatic hydroxyl groups is 1. The van der Waals surface area contributed by atoms with E-state index in [-0.39, 0.29) is 12.8 Å². The highest BCUT2D eigenvalue weighted by atomic mass is 16.4. The Morgan fingerprint density at radius 3 is 1.80 bits per heavy atom. The van der Waals surface area contributed by atoms with E-state index in [1.165, 1.54) is 38.3 Å². The van der Waals surface area contributed by atoms with Gasteiger partial charge < -0.3 is 52.8 Å². The van der Waals surface area contributed by atoms with Crippen LogP contribution in [0.5, 0.6) is 0 Å². The lowest BCUT2D eigenvalue weighted by Gasteiger charge is -2.30. The lowest BCUT2D eigenvalue weighted by Crippen LogP contribution is -2.60. The third-order valence-electron chi connectivity index (χ3n) is 9.47. The van der Waals surface area contributed by atoms with E-state index in [4.69, 9.17) is 11.5 Å². The Morgan fingerprint density at radius 2 is 1.27 bits per heavy atom. The predicted octanol–water partition coefficient (Wildman–Crippen LogP) is 0.767. The van der Waals surface area contributed by atoms with Crippen molar-refractivity contribution in [2.45, 2.75) is 122 Å². The number of nitrogens with one attached hydrogen (secondary N) is 4. The van der Waals surface area contributed by atoms with E-state index < -0.39 is 72.9 Å². The summed E-state index contributed by atoms with van der Waals surface area (Å²) in [7, 11) is -0.312. The molecule has 0 bridgehead atoms. The van der Waals surface area contributed by atoms with Gasteiger partial charge >= 0.3 is 7.12 Å². The quantitative estimate of drug-likeness (QED) is 0.0536. The van der Waals surface area contributed by atoms with Gasteiger partial charge in [0.2, 0.25) is 23.6 Å². The summed E-state index contributed by atoms with van der Waals surface area (Å²) in [5.74, 6) is -4.34. The third-order valence-corrected chi connectivity index (χ3v) is 9.47. The molecular formula is C39H62BN7O8. The standard InChI is InChI=1S/C39H62BN7O8/c1-6-7-12-28-15-17-29(18-16-28)30-19-21-31(22-20-30)39(53)47(5)33(14-9-11-24-42)37(51)46-34(26(3)48)38(52)43-25(2)35(49)45-32(13-8-10-23-41)36(50)44-27(4)40(54)55/h15-22,25-27,32-34,48,54-55H,6-14,23-24,41-42H2,1-5H3,(H,43,52)(H,44,50)(H,45,49)(H,46,51)/t25-,26+,27-,32-,33-,34-/m0/s1. The first-order valence-electron chi connectivity index (χ1n) is 19.3. The van der Waals surface area contributed by atoms with Crippen molar-refractivity contribution >= 4 is 36.7 Å². The van der Waals surface area contributed by atoms with E-state index >= 15 is 0 Å². The van der Waals surface area contributed by atoms with Gasteiger partial charge in [-0.05, 0) is 114 Å². The van der Waals surface area contributed by atoms with Gasteiger partial charge in [-0.2, -0.15) is 0 Å². The molecule has 5 amide bonds. The Balaban J connectivity index is 2.17. The van der Waals surface area contributed by atoms with Crippen molar-refractivity contribution < 1.29 is 39.1 Å². The highest BCUT2D eigenvalue weighted by Crippen LogP contribution is 2.22. The van der Waals surface area contributed by atoms with Crippen LogP contribution in [-0.2, 0) is 25.6 Å². The molecule has 0 saturated heterocycles. The summed E-state index contributed by atoms with van der Waals surface area (Å²) in [6, 6.07) is 10.7. The van der Waals surface area contributed by atoms with Gasteiger partial charge in [0.1, 0.15) is 24.2 Å². The second-order valence-corrected chi connectivity index (χ2v) is 14.1. The van der Waals surface area contributed by atoms with Gasteiger partial charge in [0, 0.05) is 12.6 Å². The SMILES string of the molecule is CCCCc1ccc(-c2ccc(C(=O)N(C)[C@@H](CCCCN)C(=O)N[C@H](C(=O)N[C@@H](C)C(=O)N[C@@H](CCCCN)C(=O)N[C@@H](C)B(O)O)[C@@H](C)O)cc2)cc1. The van der Waals surface area contributed by atoms with Crippen molar-refractivity contribution in [3.63, 3.8) is 0 Å². The number of unbranched alkanes of at least 4 members (excludes halogenated alkanes) is 3. The lowest BCUT2D eigenvalue weighted by atomic mass is 9.81. The van der Waals surface area contributed by atoms with Gasteiger partial charge in [0.05, 0.1) is 12.0 Å². The zero-order valence-corrected chi connectivity index (χ0v) is 32.9. The molecule has 16 heteroatoms. The van der Waals surface area contributed by atoms with Gasteiger partial charge in [0.15, 0.2) is 0 Å². The maximum absolute atomic E-state index is 13.8. The number of benzene rings is 2. The molecule has 0 spiro atoms. The van der Waals surface area contributed by atoms with E-state index in [0.29, 0.717) is 44.3 Å². The number of likely N-dealkylation sites (N-methyl/N-ethyl adjacent to an activating group) is 1. The van der Waals surface area contributed by atoms with Crippen LogP contribution in [0.2, 0.25) is 0 Å². The maximum atomic E-state index is 13.8. The molecule has 15 nitrogen and oxygen atoms in total. The van der Waals surface area contributed by atoms with Crippen LogP contribution < -0.4 is 32.7 Å². The summed E-state index contributed by atoms with van der Waals surface area (Å²) in [6.07, 6.45) is 4.49. The average Bonchev–Trinajstić information content (AvgIpc) is 3.16. The Labute approximate surface area is 325 Å². The smallest absolute Gasteiger partial charge is 0.426 e. The molecule has 2 aromatic rings. The van der Waals surface area contributed by atoms with E-state index in [0.717, 1.165) is 30.4 Å². The summed E-state index contributed by atoms with van der Waals surface area (Å²) in [5.41, 5.74) is 14.9. The van der Waals surface area contributed by atoms with E-state index in [9.17, 15) is 39.1 Å². The average molecular weight is 768 g/mol. The molecule has 11 N–H and O–H groups in total.